The SMILES string of the molecule is CCOP(=O)(OCC)O/C(=C\S(C)(=O)=O)c1ccc(Cl)cc1. The van der Waals surface area contributed by atoms with E-state index in [-0.39, 0.29) is 19.0 Å². The summed E-state index contributed by atoms with van der Waals surface area (Å²) >= 11 is 5.80. The minimum absolute atomic E-state index is 0.0874. The molecule has 1 rings (SSSR count). The summed E-state index contributed by atoms with van der Waals surface area (Å²) in [4.78, 5) is 0. The highest BCUT2D eigenvalue weighted by Crippen LogP contribution is 2.52. The maximum absolute atomic E-state index is 12.4. The molecule has 0 aliphatic carbocycles. The van der Waals surface area contributed by atoms with E-state index in [0.717, 1.165) is 11.7 Å². The lowest BCUT2D eigenvalue weighted by Gasteiger charge is -2.19. The first-order valence-corrected chi connectivity index (χ1v) is 10.2. The molecule has 0 amide bonds. The number of sulfone groups is 1. The molecule has 0 heterocycles. The largest absolute Gasteiger partial charge is 0.530 e. The lowest BCUT2D eigenvalue weighted by Crippen LogP contribution is -2.02. The van der Waals surface area contributed by atoms with Crippen molar-refractivity contribution in [3.05, 3.63) is 40.3 Å². The van der Waals surface area contributed by atoms with Crippen molar-refractivity contribution in [1.82, 2.24) is 0 Å². The lowest BCUT2D eigenvalue weighted by molar-refractivity contribution is 0.159. The quantitative estimate of drug-likeness (QED) is 0.511. The second kappa shape index (κ2) is 8.13. The van der Waals surface area contributed by atoms with Crippen molar-refractivity contribution in [3.8, 4) is 0 Å². The first kappa shape index (κ1) is 19.2. The molecular formula is C13H18ClO6PS. The minimum atomic E-state index is -3.90. The van der Waals surface area contributed by atoms with Gasteiger partial charge in [0.1, 0.15) is 5.76 Å². The molecule has 9 heteroatoms. The highest BCUT2D eigenvalue weighted by Gasteiger charge is 2.29. The highest BCUT2D eigenvalue weighted by molar-refractivity contribution is 7.93. The van der Waals surface area contributed by atoms with Crippen LogP contribution in [-0.2, 0) is 28.0 Å². The van der Waals surface area contributed by atoms with E-state index in [0.29, 0.717) is 10.6 Å². The summed E-state index contributed by atoms with van der Waals surface area (Å²) < 4.78 is 50.8. The Balaban J connectivity index is 3.25. The van der Waals surface area contributed by atoms with Crippen molar-refractivity contribution in [2.45, 2.75) is 13.8 Å². The number of rotatable bonds is 8. The fourth-order valence-corrected chi connectivity index (χ4v) is 3.46. The van der Waals surface area contributed by atoms with E-state index in [1.165, 1.54) is 0 Å². The van der Waals surface area contributed by atoms with E-state index in [9.17, 15) is 13.0 Å². The molecule has 0 aliphatic heterocycles. The van der Waals surface area contributed by atoms with Gasteiger partial charge in [-0.15, -0.1) is 0 Å². The molecule has 22 heavy (non-hydrogen) atoms. The van der Waals surface area contributed by atoms with Crippen LogP contribution in [0.25, 0.3) is 5.76 Å². The third-order valence-electron chi connectivity index (χ3n) is 2.23. The molecule has 0 unspecified atom stereocenters. The average molecular weight is 369 g/mol. The van der Waals surface area contributed by atoms with Gasteiger partial charge in [0.15, 0.2) is 9.84 Å². The summed E-state index contributed by atoms with van der Waals surface area (Å²) in [6.45, 7) is 3.42. The normalized spacial score (nSPS) is 13.2. The van der Waals surface area contributed by atoms with Crippen molar-refractivity contribution >= 4 is 35.0 Å². The maximum Gasteiger partial charge on any atom is 0.530 e. The summed E-state index contributed by atoms with van der Waals surface area (Å²) in [5.74, 6) is -0.135. The molecule has 6 nitrogen and oxygen atoms in total. The Labute approximate surface area is 135 Å². The van der Waals surface area contributed by atoms with Gasteiger partial charge in [0, 0.05) is 16.8 Å². The molecule has 1 aromatic rings. The Hall–Kier alpha value is -0.850. The van der Waals surface area contributed by atoms with Gasteiger partial charge in [-0.1, -0.05) is 11.6 Å². The van der Waals surface area contributed by atoms with Gasteiger partial charge in [0.25, 0.3) is 0 Å². The third-order valence-corrected chi connectivity index (χ3v) is 4.70. The van der Waals surface area contributed by atoms with Gasteiger partial charge in [-0.25, -0.2) is 13.0 Å². The molecule has 0 radical (unpaired) electrons. The van der Waals surface area contributed by atoms with E-state index in [1.807, 2.05) is 0 Å². The zero-order valence-electron chi connectivity index (χ0n) is 12.5. The van der Waals surface area contributed by atoms with Crippen LogP contribution in [0.5, 0.6) is 0 Å². The number of phosphoric acid groups is 1. The highest BCUT2D eigenvalue weighted by atomic mass is 35.5. The molecule has 0 saturated carbocycles. The van der Waals surface area contributed by atoms with Crippen molar-refractivity contribution in [2.75, 3.05) is 19.5 Å². The summed E-state index contributed by atoms with van der Waals surface area (Å²) in [6, 6.07) is 6.20. The van der Waals surface area contributed by atoms with Crippen LogP contribution < -0.4 is 0 Å². The first-order chi connectivity index (χ1) is 10.2. The fourth-order valence-electron chi connectivity index (χ4n) is 1.48. The number of benzene rings is 1. The molecule has 0 atom stereocenters. The smallest absolute Gasteiger partial charge is 0.403 e. The standard InChI is InChI=1S/C13H18ClO6PS/c1-4-18-21(15,19-5-2)20-13(10-22(3,16)17)11-6-8-12(14)9-7-11/h6-10H,4-5H2,1-3H3/b13-10-. The Morgan fingerprint density at radius 1 is 1.18 bits per heavy atom. The molecule has 0 fully saturated rings. The van der Waals surface area contributed by atoms with Gasteiger partial charge in [0.05, 0.1) is 18.6 Å². The Kier molecular flexibility index (Phi) is 7.09. The predicted octanol–water partition coefficient (Wildman–Crippen LogP) is 3.88. The van der Waals surface area contributed by atoms with E-state index >= 15 is 0 Å². The van der Waals surface area contributed by atoms with Crippen LogP contribution in [0.1, 0.15) is 19.4 Å². The predicted molar refractivity (Wildman–Crippen MR) is 86.2 cm³/mol. The average Bonchev–Trinajstić information content (AvgIpc) is 2.37. The van der Waals surface area contributed by atoms with Crippen molar-refractivity contribution in [2.24, 2.45) is 0 Å². The zero-order valence-corrected chi connectivity index (χ0v) is 15.0. The summed E-state index contributed by atoms with van der Waals surface area (Å²) in [6.07, 6.45) is 0.999. The molecule has 1 aromatic carbocycles. The second-order valence-corrected chi connectivity index (χ2v) is 8.12. The van der Waals surface area contributed by atoms with Crippen molar-refractivity contribution in [1.29, 1.82) is 0 Å². The van der Waals surface area contributed by atoms with Crippen LogP contribution in [-0.4, -0.2) is 27.9 Å². The van der Waals surface area contributed by atoms with Crippen LogP contribution in [0.2, 0.25) is 5.02 Å². The molecule has 0 bridgehead atoms. The monoisotopic (exact) mass is 368 g/mol. The van der Waals surface area contributed by atoms with Gasteiger partial charge in [-0.2, -0.15) is 0 Å². The molecular weight excluding hydrogens is 351 g/mol. The van der Waals surface area contributed by atoms with Crippen LogP contribution >= 0.6 is 19.4 Å². The summed E-state index contributed by atoms with van der Waals surface area (Å²) in [7, 11) is -7.44. The van der Waals surface area contributed by atoms with E-state index in [1.54, 1.807) is 38.1 Å². The first-order valence-electron chi connectivity index (χ1n) is 6.45. The molecule has 0 saturated heterocycles. The Morgan fingerprint density at radius 2 is 1.68 bits per heavy atom. The van der Waals surface area contributed by atoms with E-state index < -0.39 is 17.7 Å². The zero-order chi connectivity index (χ0) is 16.8. The van der Waals surface area contributed by atoms with Gasteiger partial charge < -0.3 is 4.52 Å². The van der Waals surface area contributed by atoms with Gasteiger partial charge >= 0.3 is 7.82 Å². The molecule has 0 aromatic heterocycles. The number of halogens is 1. The summed E-state index contributed by atoms with van der Waals surface area (Å²) in [5, 5.41) is 1.33. The van der Waals surface area contributed by atoms with Crippen molar-refractivity contribution in [3.63, 3.8) is 0 Å². The number of hydrogen-bond acceptors (Lipinski definition) is 6. The number of phosphoric ester groups is 1. The minimum Gasteiger partial charge on any atom is -0.403 e. The van der Waals surface area contributed by atoms with Crippen LogP contribution in [0, 0.1) is 0 Å². The van der Waals surface area contributed by atoms with E-state index in [2.05, 4.69) is 0 Å². The molecule has 124 valence electrons. The van der Waals surface area contributed by atoms with Gasteiger partial charge in [0.2, 0.25) is 0 Å². The van der Waals surface area contributed by atoms with Gasteiger partial charge in [-0.05, 0) is 38.1 Å². The van der Waals surface area contributed by atoms with Crippen LogP contribution in [0.3, 0.4) is 0 Å². The second-order valence-electron chi connectivity index (χ2n) is 4.19. The lowest BCUT2D eigenvalue weighted by atomic mass is 10.2. The Morgan fingerprint density at radius 3 is 2.09 bits per heavy atom. The maximum atomic E-state index is 12.4. The third kappa shape index (κ3) is 6.50. The number of hydrogen-bond donors (Lipinski definition) is 0. The molecule has 0 spiro atoms. The topological polar surface area (TPSA) is 78.9 Å². The fraction of sp³-hybridized carbons (Fsp3) is 0.385. The van der Waals surface area contributed by atoms with Crippen molar-refractivity contribution < 1.29 is 26.6 Å². The molecule has 0 N–H and O–H groups in total. The van der Waals surface area contributed by atoms with Crippen LogP contribution in [0.15, 0.2) is 29.7 Å². The van der Waals surface area contributed by atoms with E-state index in [4.69, 9.17) is 25.2 Å². The Bertz CT molecular complexity index is 658. The molecule has 0 aliphatic rings. The van der Waals surface area contributed by atoms with Gasteiger partial charge in [-0.3, -0.25) is 9.05 Å². The summed E-state index contributed by atoms with van der Waals surface area (Å²) in [5.41, 5.74) is 0.384. The van der Waals surface area contributed by atoms with Crippen LogP contribution in [0.4, 0.5) is 0 Å².